The lowest BCUT2D eigenvalue weighted by Crippen LogP contribution is -2.47. The third-order valence-corrected chi connectivity index (χ3v) is 6.52. The molecule has 0 unspecified atom stereocenters. The number of hydrogen-bond donors (Lipinski definition) is 0. The van der Waals surface area contributed by atoms with Crippen molar-refractivity contribution in [3.05, 3.63) is 114 Å². The van der Waals surface area contributed by atoms with Gasteiger partial charge in [-0.05, 0) is 45.7 Å². The standard InChI is InChI=1S/C29H30N2O/c1-32-28-15-14-26-20-23(12-13-27(26)21-28)22-30-16-18-31(19-17-30)29(24-8-4-2-5-9-24)25-10-6-3-7-11-25/h2-15,20-21,29H,16-19,22H2,1H3. The molecule has 0 radical (unpaired) electrons. The van der Waals surface area contributed by atoms with Crippen molar-refractivity contribution in [2.24, 2.45) is 0 Å². The largest absolute Gasteiger partial charge is 0.497 e. The SMILES string of the molecule is COc1ccc2cc(CN3CCN(C(c4ccccc4)c4ccccc4)CC3)ccc2c1. The van der Waals surface area contributed by atoms with Crippen LogP contribution in [-0.2, 0) is 6.54 Å². The van der Waals surface area contributed by atoms with Gasteiger partial charge in [0, 0.05) is 32.7 Å². The highest BCUT2D eigenvalue weighted by atomic mass is 16.5. The van der Waals surface area contributed by atoms with Gasteiger partial charge in [0.1, 0.15) is 5.75 Å². The number of rotatable bonds is 6. The molecule has 4 aromatic rings. The van der Waals surface area contributed by atoms with E-state index < -0.39 is 0 Å². The summed E-state index contributed by atoms with van der Waals surface area (Å²) in [7, 11) is 1.72. The molecule has 1 aliphatic heterocycles. The molecule has 32 heavy (non-hydrogen) atoms. The first kappa shape index (κ1) is 20.7. The third kappa shape index (κ3) is 4.55. The lowest BCUT2D eigenvalue weighted by atomic mass is 9.96. The van der Waals surface area contributed by atoms with Crippen LogP contribution in [0.15, 0.2) is 97.1 Å². The molecule has 0 atom stereocenters. The minimum atomic E-state index is 0.315. The minimum absolute atomic E-state index is 0.315. The molecule has 0 aliphatic carbocycles. The Morgan fingerprint density at radius 2 is 1.28 bits per heavy atom. The number of piperazine rings is 1. The highest BCUT2D eigenvalue weighted by Crippen LogP contribution is 2.30. The van der Waals surface area contributed by atoms with E-state index in [1.165, 1.54) is 27.5 Å². The first-order valence-electron chi connectivity index (χ1n) is 11.4. The van der Waals surface area contributed by atoms with E-state index in [9.17, 15) is 0 Å². The van der Waals surface area contributed by atoms with Gasteiger partial charge in [-0.25, -0.2) is 0 Å². The maximum atomic E-state index is 5.35. The smallest absolute Gasteiger partial charge is 0.119 e. The third-order valence-electron chi connectivity index (χ3n) is 6.52. The van der Waals surface area contributed by atoms with Gasteiger partial charge in [0.25, 0.3) is 0 Å². The Kier molecular flexibility index (Phi) is 6.20. The fourth-order valence-electron chi connectivity index (χ4n) is 4.82. The Morgan fingerprint density at radius 1 is 0.688 bits per heavy atom. The van der Waals surface area contributed by atoms with Crippen LogP contribution in [0, 0.1) is 0 Å². The molecule has 0 amide bonds. The van der Waals surface area contributed by atoms with E-state index in [2.05, 4.69) is 101 Å². The van der Waals surface area contributed by atoms with Crippen LogP contribution in [0.1, 0.15) is 22.7 Å². The number of fused-ring (bicyclic) bond motifs is 1. The summed E-state index contributed by atoms with van der Waals surface area (Å²) in [5.74, 6) is 0.910. The van der Waals surface area contributed by atoms with E-state index in [-0.39, 0.29) is 0 Å². The second kappa shape index (κ2) is 9.56. The van der Waals surface area contributed by atoms with Crippen molar-refractivity contribution >= 4 is 10.8 Å². The number of methoxy groups -OCH3 is 1. The molecule has 3 nitrogen and oxygen atoms in total. The predicted molar refractivity (Wildman–Crippen MR) is 132 cm³/mol. The zero-order chi connectivity index (χ0) is 21.8. The van der Waals surface area contributed by atoms with Crippen molar-refractivity contribution < 1.29 is 4.74 Å². The van der Waals surface area contributed by atoms with Crippen molar-refractivity contribution in [2.75, 3.05) is 33.3 Å². The normalized spacial score (nSPS) is 15.3. The molecule has 0 bridgehead atoms. The fraction of sp³-hybridized carbons (Fsp3) is 0.241. The molecule has 1 saturated heterocycles. The molecule has 1 fully saturated rings. The summed E-state index contributed by atoms with van der Waals surface area (Å²) in [6.45, 7) is 5.29. The Morgan fingerprint density at radius 3 is 1.91 bits per heavy atom. The fourth-order valence-corrected chi connectivity index (χ4v) is 4.82. The van der Waals surface area contributed by atoms with E-state index in [1.807, 2.05) is 6.07 Å². The van der Waals surface area contributed by atoms with Crippen molar-refractivity contribution in [1.82, 2.24) is 9.80 Å². The lowest BCUT2D eigenvalue weighted by Gasteiger charge is -2.40. The molecule has 1 heterocycles. The summed E-state index contributed by atoms with van der Waals surface area (Å²) in [5.41, 5.74) is 4.12. The van der Waals surface area contributed by atoms with Crippen molar-refractivity contribution in [3.63, 3.8) is 0 Å². The van der Waals surface area contributed by atoms with Crippen LogP contribution in [0.5, 0.6) is 5.75 Å². The van der Waals surface area contributed by atoms with Crippen LogP contribution in [0.3, 0.4) is 0 Å². The van der Waals surface area contributed by atoms with Crippen LogP contribution < -0.4 is 4.74 Å². The molecular formula is C29H30N2O. The maximum Gasteiger partial charge on any atom is 0.119 e. The van der Waals surface area contributed by atoms with Gasteiger partial charge in [-0.2, -0.15) is 0 Å². The van der Waals surface area contributed by atoms with Gasteiger partial charge in [-0.15, -0.1) is 0 Å². The van der Waals surface area contributed by atoms with Crippen molar-refractivity contribution in [2.45, 2.75) is 12.6 Å². The van der Waals surface area contributed by atoms with Crippen LogP contribution in [0.2, 0.25) is 0 Å². The highest BCUT2D eigenvalue weighted by Gasteiger charge is 2.26. The van der Waals surface area contributed by atoms with Crippen LogP contribution >= 0.6 is 0 Å². The van der Waals surface area contributed by atoms with E-state index in [1.54, 1.807) is 7.11 Å². The van der Waals surface area contributed by atoms with E-state index in [0.29, 0.717) is 6.04 Å². The first-order chi connectivity index (χ1) is 15.8. The average molecular weight is 423 g/mol. The van der Waals surface area contributed by atoms with Gasteiger partial charge in [-0.3, -0.25) is 9.80 Å². The van der Waals surface area contributed by atoms with Gasteiger partial charge in [0.15, 0.2) is 0 Å². The summed E-state index contributed by atoms with van der Waals surface area (Å²) >= 11 is 0. The monoisotopic (exact) mass is 422 g/mol. The lowest BCUT2D eigenvalue weighted by molar-refractivity contribution is 0.105. The van der Waals surface area contributed by atoms with Gasteiger partial charge >= 0.3 is 0 Å². The van der Waals surface area contributed by atoms with Crippen LogP contribution in [-0.4, -0.2) is 43.1 Å². The van der Waals surface area contributed by atoms with Crippen molar-refractivity contribution in [1.29, 1.82) is 0 Å². The van der Waals surface area contributed by atoms with Gasteiger partial charge in [-0.1, -0.05) is 78.9 Å². The number of ether oxygens (including phenoxy) is 1. The zero-order valence-electron chi connectivity index (χ0n) is 18.7. The predicted octanol–water partition coefficient (Wildman–Crippen LogP) is 5.76. The summed E-state index contributed by atoms with van der Waals surface area (Å²) < 4.78 is 5.35. The van der Waals surface area contributed by atoms with Gasteiger partial charge in [0.2, 0.25) is 0 Å². The summed E-state index contributed by atoms with van der Waals surface area (Å²) in [6.07, 6.45) is 0. The second-order valence-corrected chi connectivity index (χ2v) is 8.58. The molecule has 0 saturated carbocycles. The van der Waals surface area contributed by atoms with Gasteiger partial charge in [0.05, 0.1) is 13.2 Å². The molecule has 162 valence electrons. The quantitative estimate of drug-likeness (QED) is 0.393. The topological polar surface area (TPSA) is 15.7 Å². The molecular weight excluding hydrogens is 392 g/mol. The molecule has 4 aromatic carbocycles. The molecule has 0 spiro atoms. The Labute approximate surface area is 190 Å². The molecule has 0 N–H and O–H groups in total. The van der Waals surface area contributed by atoms with Crippen LogP contribution in [0.4, 0.5) is 0 Å². The van der Waals surface area contributed by atoms with Gasteiger partial charge < -0.3 is 4.74 Å². The van der Waals surface area contributed by atoms with E-state index in [0.717, 1.165) is 38.5 Å². The Hall–Kier alpha value is -3.14. The highest BCUT2D eigenvalue weighted by molar-refractivity contribution is 5.84. The minimum Gasteiger partial charge on any atom is -0.497 e. The van der Waals surface area contributed by atoms with Crippen molar-refractivity contribution in [3.8, 4) is 5.75 Å². The van der Waals surface area contributed by atoms with Crippen LogP contribution in [0.25, 0.3) is 10.8 Å². The summed E-state index contributed by atoms with van der Waals surface area (Å²) in [4.78, 5) is 5.21. The Bertz CT molecular complexity index is 1110. The molecule has 3 heteroatoms. The number of hydrogen-bond acceptors (Lipinski definition) is 3. The average Bonchev–Trinajstić information content (AvgIpc) is 2.86. The Balaban J connectivity index is 1.28. The number of nitrogens with zero attached hydrogens (tertiary/aromatic N) is 2. The second-order valence-electron chi connectivity index (χ2n) is 8.58. The molecule has 5 rings (SSSR count). The van der Waals surface area contributed by atoms with E-state index >= 15 is 0 Å². The zero-order valence-corrected chi connectivity index (χ0v) is 18.7. The molecule has 1 aliphatic rings. The number of benzene rings is 4. The summed E-state index contributed by atoms with van der Waals surface area (Å²) in [6, 6.07) is 35.2. The molecule has 0 aromatic heterocycles. The maximum absolute atomic E-state index is 5.35. The summed E-state index contributed by atoms with van der Waals surface area (Å²) in [5, 5.41) is 2.50. The van der Waals surface area contributed by atoms with E-state index in [4.69, 9.17) is 4.74 Å². The first-order valence-corrected chi connectivity index (χ1v) is 11.4.